The van der Waals surface area contributed by atoms with Crippen molar-refractivity contribution in [3.8, 4) is 0 Å². The lowest BCUT2D eigenvalue weighted by Crippen LogP contribution is -2.65. The number of allylic oxidation sites excluding steroid dienone is 4. The molecule has 2 fully saturated rings. The summed E-state index contributed by atoms with van der Waals surface area (Å²) in [5.41, 5.74) is 3.74. The Hall–Kier alpha value is -2.73. The molecule has 5 heteroatoms. The van der Waals surface area contributed by atoms with Crippen molar-refractivity contribution in [2.45, 2.75) is 81.9 Å². The number of aliphatic hydroxyl groups is 1. The zero-order valence-corrected chi connectivity index (χ0v) is 24.3. The first-order valence-corrected chi connectivity index (χ1v) is 16.3. The summed E-state index contributed by atoms with van der Waals surface area (Å²) < 4.78 is 0. The van der Waals surface area contributed by atoms with Crippen LogP contribution in [-0.4, -0.2) is 68.7 Å². The van der Waals surface area contributed by atoms with Crippen molar-refractivity contribution in [1.29, 1.82) is 0 Å². The van der Waals surface area contributed by atoms with E-state index in [1.54, 1.807) is 0 Å². The summed E-state index contributed by atoms with van der Waals surface area (Å²) in [6.07, 6.45) is 25.2. The van der Waals surface area contributed by atoms with Gasteiger partial charge in [0.15, 0.2) is 0 Å². The minimum Gasteiger partial charge on any atom is -0.384 e. The van der Waals surface area contributed by atoms with E-state index in [0.29, 0.717) is 12.0 Å². The van der Waals surface area contributed by atoms with Gasteiger partial charge in [-0.1, -0.05) is 42.5 Å². The average Bonchev–Trinajstić information content (AvgIpc) is 3.49. The monoisotopic (exact) mass is 548 g/mol. The van der Waals surface area contributed by atoms with Crippen molar-refractivity contribution in [1.82, 2.24) is 19.8 Å². The van der Waals surface area contributed by atoms with Crippen LogP contribution in [0.2, 0.25) is 0 Å². The molecule has 1 unspecified atom stereocenters. The Morgan fingerprint density at radius 2 is 1.76 bits per heavy atom. The van der Waals surface area contributed by atoms with E-state index in [9.17, 15) is 5.11 Å². The van der Waals surface area contributed by atoms with Crippen LogP contribution >= 0.6 is 0 Å². The summed E-state index contributed by atoms with van der Waals surface area (Å²) >= 11 is 0. The topological polar surface area (TPSA) is 55.4 Å². The normalized spacial score (nSPS) is 36.9. The highest BCUT2D eigenvalue weighted by Gasteiger charge is 2.65. The molecule has 1 aromatic carbocycles. The Morgan fingerprint density at radius 1 is 0.902 bits per heavy atom. The van der Waals surface area contributed by atoms with Crippen LogP contribution in [0.4, 0.5) is 0 Å². The molecular formula is C36H44N4O. The van der Waals surface area contributed by atoms with Gasteiger partial charge in [-0.05, 0) is 114 Å². The number of pyridine rings is 1. The first-order valence-electron chi connectivity index (χ1n) is 16.3. The molecule has 214 valence electrons. The Kier molecular flexibility index (Phi) is 6.46. The number of rotatable bonds is 1. The molecule has 5 nitrogen and oxygen atoms in total. The molecule has 1 aliphatic carbocycles. The zero-order valence-electron chi connectivity index (χ0n) is 24.3. The van der Waals surface area contributed by atoms with Gasteiger partial charge in [-0.3, -0.25) is 9.88 Å². The van der Waals surface area contributed by atoms with E-state index < -0.39 is 5.60 Å². The minimum absolute atomic E-state index is 0.00403. The van der Waals surface area contributed by atoms with Crippen molar-refractivity contribution in [3.05, 3.63) is 72.6 Å². The summed E-state index contributed by atoms with van der Waals surface area (Å²) in [6, 6.07) is 11.3. The maximum atomic E-state index is 13.1. The Balaban J connectivity index is 1.35. The molecule has 6 heterocycles. The number of nitrogens with one attached hydrogen (secondary N) is 1. The lowest BCUT2D eigenvalue weighted by Gasteiger charge is -2.58. The first-order chi connectivity index (χ1) is 20.2. The Bertz CT molecular complexity index is 1530. The van der Waals surface area contributed by atoms with Crippen LogP contribution in [0.15, 0.2) is 66.9 Å². The van der Waals surface area contributed by atoms with Gasteiger partial charge in [0.1, 0.15) is 0 Å². The fourth-order valence-corrected chi connectivity index (χ4v) is 9.59. The van der Waals surface area contributed by atoms with Crippen molar-refractivity contribution in [2.24, 2.45) is 11.3 Å². The molecule has 0 saturated carbocycles. The second kappa shape index (κ2) is 10.2. The molecule has 2 N–H and O–H groups in total. The number of para-hydroxylation sites is 1. The molecule has 4 aliphatic heterocycles. The number of hydrogen-bond donors (Lipinski definition) is 2. The van der Waals surface area contributed by atoms with Gasteiger partial charge in [0.25, 0.3) is 0 Å². The van der Waals surface area contributed by atoms with E-state index in [0.717, 1.165) is 68.5 Å². The van der Waals surface area contributed by atoms with E-state index in [2.05, 4.69) is 75.5 Å². The lowest BCUT2D eigenvalue weighted by molar-refractivity contribution is -0.0894. The first kappa shape index (κ1) is 25.9. The predicted octanol–water partition coefficient (Wildman–Crippen LogP) is 6.86. The largest absolute Gasteiger partial charge is 0.384 e. The maximum Gasteiger partial charge on any atom is 0.0998 e. The van der Waals surface area contributed by atoms with Crippen molar-refractivity contribution in [3.63, 3.8) is 0 Å². The van der Waals surface area contributed by atoms with Crippen molar-refractivity contribution in [2.75, 3.05) is 26.2 Å². The van der Waals surface area contributed by atoms with Gasteiger partial charge in [0.2, 0.25) is 0 Å². The van der Waals surface area contributed by atoms with Gasteiger partial charge in [0.05, 0.1) is 22.9 Å². The molecule has 3 bridgehead atoms. The van der Waals surface area contributed by atoms with E-state index in [4.69, 9.17) is 4.98 Å². The fraction of sp³-hybridized carbons (Fsp3) is 0.528. The van der Waals surface area contributed by atoms with E-state index in [1.165, 1.54) is 55.0 Å². The van der Waals surface area contributed by atoms with Gasteiger partial charge < -0.3 is 15.0 Å². The van der Waals surface area contributed by atoms with Crippen LogP contribution in [0.5, 0.6) is 0 Å². The van der Waals surface area contributed by atoms with Gasteiger partial charge in [-0.25, -0.2) is 0 Å². The zero-order chi connectivity index (χ0) is 27.4. The second-order valence-electron chi connectivity index (χ2n) is 13.5. The van der Waals surface area contributed by atoms with Crippen LogP contribution in [0.3, 0.4) is 0 Å². The number of piperidine rings is 1. The number of aromatic nitrogens is 2. The SMILES string of the molecule is O[C@]12C=C(c3nccc4c3[nH]c3ccccc34)[C@@H]3CCN(CCCCC=CCC1)C[C@@]31C[C@@H]3/C=C\CCCCN3[C@H]12. The summed E-state index contributed by atoms with van der Waals surface area (Å²) in [4.78, 5) is 14.4. The number of nitrogens with zero attached hydrogens (tertiary/aromatic N) is 3. The summed E-state index contributed by atoms with van der Waals surface area (Å²) in [5, 5.41) is 15.5. The van der Waals surface area contributed by atoms with Crippen LogP contribution in [-0.2, 0) is 0 Å². The fourth-order valence-electron chi connectivity index (χ4n) is 9.59. The smallest absolute Gasteiger partial charge is 0.0998 e. The van der Waals surface area contributed by atoms with Crippen LogP contribution in [0, 0.1) is 11.3 Å². The Morgan fingerprint density at radius 3 is 2.71 bits per heavy atom. The van der Waals surface area contributed by atoms with Gasteiger partial charge >= 0.3 is 0 Å². The third-order valence-corrected chi connectivity index (χ3v) is 11.2. The molecule has 41 heavy (non-hydrogen) atoms. The molecule has 3 aromatic rings. The molecule has 0 amide bonds. The van der Waals surface area contributed by atoms with Crippen LogP contribution in [0.25, 0.3) is 27.4 Å². The van der Waals surface area contributed by atoms with E-state index in [1.807, 2.05) is 6.20 Å². The number of fused-ring (bicyclic) bond motifs is 5. The number of benzene rings is 1. The quantitative estimate of drug-likeness (QED) is 0.326. The van der Waals surface area contributed by atoms with E-state index in [-0.39, 0.29) is 11.5 Å². The van der Waals surface area contributed by atoms with Crippen molar-refractivity contribution < 1.29 is 5.11 Å². The average molecular weight is 549 g/mol. The van der Waals surface area contributed by atoms with Crippen LogP contribution < -0.4 is 0 Å². The highest BCUT2D eigenvalue weighted by molar-refractivity contribution is 6.09. The molecule has 0 radical (unpaired) electrons. The molecule has 2 saturated heterocycles. The predicted molar refractivity (Wildman–Crippen MR) is 168 cm³/mol. The van der Waals surface area contributed by atoms with Gasteiger partial charge in [0, 0.05) is 40.5 Å². The highest BCUT2D eigenvalue weighted by atomic mass is 16.3. The van der Waals surface area contributed by atoms with Crippen molar-refractivity contribution >= 4 is 27.4 Å². The highest BCUT2D eigenvalue weighted by Crippen LogP contribution is 2.61. The molecule has 6 atom stereocenters. The molecule has 5 aliphatic rings. The maximum absolute atomic E-state index is 13.1. The number of hydrogen-bond acceptors (Lipinski definition) is 4. The van der Waals surface area contributed by atoms with Gasteiger partial charge in [-0.15, -0.1) is 0 Å². The lowest BCUT2D eigenvalue weighted by atomic mass is 9.54. The molecule has 8 rings (SSSR count). The summed E-state index contributed by atoms with van der Waals surface area (Å²) in [7, 11) is 0. The third-order valence-electron chi connectivity index (χ3n) is 11.2. The molecule has 1 spiro atoms. The summed E-state index contributed by atoms with van der Waals surface area (Å²) in [6.45, 7) is 4.47. The third kappa shape index (κ3) is 4.18. The Labute approximate surface area is 244 Å². The number of aromatic amines is 1. The molecular weight excluding hydrogens is 504 g/mol. The minimum atomic E-state index is -0.898. The van der Waals surface area contributed by atoms with Gasteiger partial charge in [-0.2, -0.15) is 0 Å². The van der Waals surface area contributed by atoms with Crippen LogP contribution in [0.1, 0.15) is 69.9 Å². The van der Waals surface area contributed by atoms with E-state index >= 15 is 0 Å². The standard InChI is InChI=1S/C36H44N4O/c41-36-18-10-4-1-2-5-11-20-39-22-17-30(35(25-39)23-26-13-7-3-6-12-21-40(26)34(35)36)29(24-36)32-33-28(16-19-37-32)27-14-8-9-15-31(27)38-33/h1,4,7-9,13-16,19,24,26,30,34,38,41H,2-3,5-6,10-12,17-18,20-23,25H2/b4-1?,13-7-/t26-,30-,34+,35-,36-/m0/s1. The second-order valence-corrected chi connectivity index (χ2v) is 13.5. The number of H-pyrrole nitrogens is 1. The summed E-state index contributed by atoms with van der Waals surface area (Å²) in [5.74, 6) is 0.385. The molecule has 2 aromatic heterocycles.